The second kappa shape index (κ2) is 9.39. The van der Waals surface area contributed by atoms with Crippen molar-refractivity contribution in [2.45, 2.75) is 19.1 Å². The first-order valence-corrected chi connectivity index (χ1v) is 11.0. The third-order valence-electron chi connectivity index (χ3n) is 5.02. The van der Waals surface area contributed by atoms with Gasteiger partial charge < -0.3 is 9.47 Å². The molecule has 1 aliphatic heterocycles. The van der Waals surface area contributed by atoms with Gasteiger partial charge in [-0.15, -0.1) is 0 Å². The second-order valence-corrected chi connectivity index (χ2v) is 9.01. The fraction of sp³-hybridized carbons (Fsp3) is 0.381. The van der Waals surface area contributed by atoms with Gasteiger partial charge in [0.1, 0.15) is 11.8 Å². The normalized spacial score (nSPS) is 20.0. The standard InChI is InChI=1S/C21H26N2O5S/c1-27-19-10-8-18(9-11-19)14-22-12-13-29(25,26)23(20(16-22)21(24)28-2)15-17-6-4-3-5-7-17/h3-11,20H,12-16H2,1-2H3. The van der Waals surface area contributed by atoms with Gasteiger partial charge in [-0.3, -0.25) is 9.69 Å². The van der Waals surface area contributed by atoms with Crippen molar-refractivity contribution in [3.63, 3.8) is 0 Å². The maximum absolute atomic E-state index is 13.0. The molecular weight excluding hydrogens is 392 g/mol. The van der Waals surface area contributed by atoms with Gasteiger partial charge in [-0.2, -0.15) is 4.31 Å². The minimum atomic E-state index is -3.63. The molecule has 7 nitrogen and oxygen atoms in total. The molecule has 1 fully saturated rings. The van der Waals surface area contributed by atoms with Gasteiger partial charge >= 0.3 is 5.97 Å². The summed E-state index contributed by atoms with van der Waals surface area (Å²) in [6.07, 6.45) is 0. The first kappa shape index (κ1) is 21.3. The van der Waals surface area contributed by atoms with Gasteiger partial charge in [-0.1, -0.05) is 42.5 Å². The van der Waals surface area contributed by atoms with Gasteiger partial charge in [-0.25, -0.2) is 8.42 Å². The zero-order valence-corrected chi connectivity index (χ0v) is 17.5. The molecule has 2 aromatic rings. The summed E-state index contributed by atoms with van der Waals surface area (Å²) in [5.74, 6) is 0.156. The Balaban J connectivity index is 1.84. The molecule has 1 aliphatic rings. The minimum Gasteiger partial charge on any atom is -0.497 e. The molecule has 1 atom stereocenters. The number of rotatable bonds is 6. The van der Waals surface area contributed by atoms with Crippen molar-refractivity contribution < 1.29 is 22.7 Å². The number of benzene rings is 2. The molecule has 29 heavy (non-hydrogen) atoms. The number of sulfonamides is 1. The highest BCUT2D eigenvalue weighted by molar-refractivity contribution is 7.89. The summed E-state index contributed by atoms with van der Waals surface area (Å²) in [4.78, 5) is 14.5. The first-order valence-electron chi connectivity index (χ1n) is 9.39. The van der Waals surface area contributed by atoms with E-state index in [-0.39, 0.29) is 18.8 Å². The molecular formula is C21H26N2O5S. The van der Waals surface area contributed by atoms with Crippen LogP contribution in [0.5, 0.6) is 5.75 Å². The molecule has 0 aliphatic carbocycles. The van der Waals surface area contributed by atoms with Crippen molar-refractivity contribution in [3.8, 4) is 5.75 Å². The Morgan fingerprint density at radius 3 is 2.28 bits per heavy atom. The molecule has 1 saturated heterocycles. The highest BCUT2D eigenvalue weighted by Crippen LogP contribution is 2.21. The van der Waals surface area contributed by atoms with Crippen molar-refractivity contribution in [1.29, 1.82) is 0 Å². The number of carbonyl (C=O) groups is 1. The van der Waals surface area contributed by atoms with Crippen LogP contribution in [-0.2, 0) is 32.6 Å². The van der Waals surface area contributed by atoms with Crippen molar-refractivity contribution in [2.75, 3.05) is 33.1 Å². The summed E-state index contributed by atoms with van der Waals surface area (Å²) in [6.45, 7) is 1.28. The van der Waals surface area contributed by atoms with Crippen LogP contribution in [0.4, 0.5) is 0 Å². The topological polar surface area (TPSA) is 76.1 Å². The number of hydrogen-bond donors (Lipinski definition) is 0. The molecule has 0 bridgehead atoms. The van der Waals surface area contributed by atoms with E-state index in [0.29, 0.717) is 13.1 Å². The maximum Gasteiger partial charge on any atom is 0.325 e. The van der Waals surface area contributed by atoms with Gasteiger partial charge in [0.25, 0.3) is 0 Å². The van der Waals surface area contributed by atoms with Gasteiger partial charge in [0.2, 0.25) is 10.0 Å². The Hall–Kier alpha value is -2.42. The molecule has 0 N–H and O–H groups in total. The Labute approximate surface area is 171 Å². The van der Waals surface area contributed by atoms with Crippen LogP contribution in [0.15, 0.2) is 54.6 Å². The lowest BCUT2D eigenvalue weighted by atomic mass is 10.1. The first-order chi connectivity index (χ1) is 13.9. The van der Waals surface area contributed by atoms with Crippen LogP contribution in [0.2, 0.25) is 0 Å². The van der Waals surface area contributed by atoms with Crippen LogP contribution in [0.25, 0.3) is 0 Å². The molecule has 0 amide bonds. The fourth-order valence-electron chi connectivity index (χ4n) is 3.42. The van der Waals surface area contributed by atoms with E-state index >= 15 is 0 Å². The van der Waals surface area contributed by atoms with Crippen molar-refractivity contribution in [2.24, 2.45) is 0 Å². The Kier molecular flexibility index (Phi) is 6.89. The largest absolute Gasteiger partial charge is 0.497 e. The summed E-state index contributed by atoms with van der Waals surface area (Å²) in [5.41, 5.74) is 1.84. The Bertz CT molecular complexity index is 916. The number of carbonyl (C=O) groups excluding carboxylic acids is 1. The predicted molar refractivity (Wildman–Crippen MR) is 110 cm³/mol. The van der Waals surface area contributed by atoms with E-state index in [1.54, 1.807) is 7.11 Å². The number of ether oxygens (including phenoxy) is 2. The van der Waals surface area contributed by atoms with E-state index in [2.05, 4.69) is 0 Å². The highest BCUT2D eigenvalue weighted by atomic mass is 32.2. The van der Waals surface area contributed by atoms with Crippen LogP contribution in [0.3, 0.4) is 0 Å². The van der Waals surface area contributed by atoms with E-state index in [0.717, 1.165) is 16.9 Å². The molecule has 3 rings (SSSR count). The Morgan fingerprint density at radius 2 is 1.66 bits per heavy atom. The van der Waals surface area contributed by atoms with Gasteiger partial charge in [-0.05, 0) is 23.3 Å². The van der Waals surface area contributed by atoms with Crippen LogP contribution >= 0.6 is 0 Å². The van der Waals surface area contributed by atoms with Crippen LogP contribution in [0.1, 0.15) is 11.1 Å². The van der Waals surface area contributed by atoms with Crippen molar-refractivity contribution in [1.82, 2.24) is 9.21 Å². The molecule has 0 spiro atoms. The predicted octanol–water partition coefficient (Wildman–Crippen LogP) is 1.88. The van der Waals surface area contributed by atoms with E-state index in [1.807, 2.05) is 59.5 Å². The highest BCUT2D eigenvalue weighted by Gasteiger charge is 2.39. The summed E-state index contributed by atoms with van der Waals surface area (Å²) in [6, 6.07) is 16.0. The Morgan fingerprint density at radius 1 is 1.00 bits per heavy atom. The smallest absolute Gasteiger partial charge is 0.325 e. The van der Waals surface area contributed by atoms with Gasteiger partial charge in [0.15, 0.2) is 0 Å². The molecule has 1 unspecified atom stereocenters. The summed E-state index contributed by atoms with van der Waals surface area (Å²) in [7, 11) is -0.733. The molecule has 2 aromatic carbocycles. The minimum absolute atomic E-state index is 0.0521. The second-order valence-electron chi connectivity index (χ2n) is 6.97. The average Bonchev–Trinajstić information content (AvgIpc) is 2.86. The third-order valence-corrected chi connectivity index (χ3v) is 6.82. The fourth-order valence-corrected chi connectivity index (χ4v) is 5.02. The number of nitrogens with zero attached hydrogens (tertiary/aromatic N) is 2. The van der Waals surface area contributed by atoms with E-state index < -0.39 is 22.0 Å². The third kappa shape index (κ3) is 5.35. The van der Waals surface area contributed by atoms with Gasteiger partial charge in [0.05, 0.1) is 20.0 Å². The number of methoxy groups -OCH3 is 2. The molecule has 0 radical (unpaired) electrons. The van der Waals surface area contributed by atoms with Crippen LogP contribution in [0, 0.1) is 0 Å². The van der Waals surface area contributed by atoms with Gasteiger partial charge in [0, 0.05) is 26.2 Å². The molecule has 0 saturated carbocycles. The SMILES string of the molecule is COC(=O)C1CN(Cc2ccc(OC)cc2)CCS(=O)(=O)N1Cc1ccccc1. The number of hydrogen-bond acceptors (Lipinski definition) is 6. The molecule has 8 heteroatoms. The van der Waals surface area contributed by atoms with Crippen LogP contribution < -0.4 is 4.74 Å². The number of esters is 1. The van der Waals surface area contributed by atoms with E-state index in [9.17, 15) is 13.2 Å². The monoisotopic (exact) mass is 418 g/mol. The zero-order chi connectivity index (χ0) is 20.9. The summed E-state index contributed by atoms with van der Waals surface area (Å²) >= 11 is 0. The molecule has 1 heterocycles. The lowest BCUT2D eigenvalue weighted by Crippen LogP contribution is -2.48. The summed E-state index contributed by atoms with van der Waals surface area (Å²) < 4.78 is 37.4. The molecule has 0 aromatic heterocycles. The molecule has 156 valence electrons. The lowest BCUT2D eigenvalue weighted by molar-refractivity contribution is -0.145. The average molecular weight is 419 g/mol. The quantitative estimate of drug-likeness (QED) is 0.667. The van der Waals surface area contributed by atoms with Crippen molar-refractivity contribution in [3.05, 3.63) is 65.7 Å². The maximum atomic E-state index is 13.0. The lowest BCUT2D eigenvalue weighted by Gasteiger charge is -2.28. The van der Waals surface area contributed by atoms with E-state index in [4.69, 9.17) is 9.47 Å². The van der Waals surface area contributed by atoms with Crippen molar-refractivity contribution >= 4 is 16.0 Å². The summed E-state index contributed by atoms with van der Waals surface area (Å²) in [5, 5.41) is 0. The zero-order valence-electron chi connectivity index (χ0n) is 16.7. The van der Waals surface area contributed by atoms with E-state index in [1.165, 1.54) is 11.4 Å². The van der Waals surface area contributed by atoms with Crippen LogP contribution in [-0.4, -0.2) is 62.7 Å².